The number of halogens is 3. The van der Waals surface area contributed by atoms with Crippen molar-refractivity contribution in [1.29, 1.82) is 0 Å². The number of anilines is 1. The Morgan fingerprint density at radius 3 is 1.93 bits per heavy atom. The largest absolute Gasteiger partial charge is 0.416 e. The SMILES string of the molecule is CC(C)(C)NC(=O)[C@H](Cc1ccccc1)N(Cc1ccccc1)C(=O)CN(c1cccc(C(F)(F)F)c1)S(C)(=O)=O. The Bertz CT molecular complexity index is 1440. The smallest absolute Gasteiger partial charge is 0.350 e. The summed E-state index contributed by atoms with van der Waals surface area (Å²) in [7, 11) is -4.20. The molecule has 3 aromatic carbocycles. The van der Waals surface area contributed by atoms with Crippen LogP contribution in [0.1, 0.15) is 37.5 Å². The summed E-state index contributed by atoms with van der Waals surface area (Å²) in [6.07, 6.45) is -3.77. The van der Waals surface area contributed by atoms with E-state index in [0.29, 0.717) is 15.9 Å². The van der Waals surface area contributed by atoms with Crippen LogP contribution in [-0.4, -0.2) is 49.5 Å². The molecular formula is C30H34F3N3O4S. The van der Waals surface area contributed by atoms with Gasteiger partial charge >= 0.3 is 6.18 Å². The van der Waals surface area contributed by atoms with E-state index in [2.05, 4.69) is 5.32 Å². The second-order valence-electron chi connectivity index (χ2n) is 10.8. The molecule has 0 aliphatic heterocycles. The lowest BCUT2D eigenvalue weighted by molar-refractivity contribution is -0.140. The maximum Gasteiger partial charge on any atom is 0.416 e. The minimum absolute atomic E-state index is 0.0328. The summed E-state index contributed by atoms with van der Waals surface area (Å²) < 4.78 is 66.4. The van der Waals surface area contributed by atoms with Gasteiger partial charge in [0.25, 0.3) is 0 Å². The summed E-state index contributed by atoms with van der Waals surface area (Å²) in [5, 5.41) is 2.91. The normalized spacial score (nSPS) is 12.9. The molecule has 7 nitrogen and oxygen atoms in total. The van der Waals surface area contributed by atoms with Crippen LogP contribution in [0.5, 0.6) is 0 Å². The third kappa shape index (κ3) is 9.34. The Balaban J connectivity index is 2.08. The van der Waals surface area contributed by atoms with E-state index in [1.165, 1.54) is 11.0 Å². The van der Waals surface area contributed by atoms with Crippen LogP contribution in [0.15, 0.2) is 84.9 Å². The standard InChI is InChI=1S/C30H34F3N3O4S/c1-29(2,3)34-28(38)26(18-22-12-7-5-8-13-22)35(20-23-14-9-6-10-15-23)27(37)21-36(41(4,39)40)25-17-11-16-24(19-25)30(31,32)33/h5-17,19,26H,18,20-21H2,1-4H3,(H,34,38)/t26-/m0/s1. The quantitative estimate of drug-likeness (QED) is 0.360. The summed E-state index contributed by atoms with van der Waals surface area (Å²) in [4.78, 5) is 28.9. The molecule has 11 heteroatoms. The van der Waals surface area contributed by atoms with Crippen LogP contribution in [0.3, 0.4) is 0 Å². The van der Waals surface area contributed by atoms with Crippen LogP contribution in [0.25, 0.3) is 0 Å². The molecule has 0 saturated carbocycles. The van der Waals surface area contributed by atoms with E-state index >= 15 is 0 Å². The molecule has 0 bridgehead atoms. The zero-order valence-electron chi connectivity index (χ0n) is 23.4. The van der Waals surface area contributed by atoms with Gasteiger partial charge in [0.15, 0.2) is 0 Å². The first-order chi connectivity index (χ1) is 19.0. The van der Waals surface area contributed by atoms with Gasteiger partial charge in [-0.3, -0.25) is 13.9 Å². The van der Waals surface area contributed by atoms with Gasteiger partial charge in [-0.15, -0.1) is 0 Å². The molecule has 0 fully saturated rings. The first-order valence-corrected chi connectivity index (χ1v) is 14.7. The van der Waals surface area contributed by atoms with E-state index in [1.54, 1.807) is 63.2 Å². The van der Waals surface area contributed by atoms with E-state index in [-0.39, 0.29) is 18.7 Å². The molecule has 0 heterocycles. The number of hydrogen-bond acceptors (Lipinski definition) is 4. The van der Waals surface area contributed by atoms with Gasteiger partial charge in [-0.05, 0) is 50.1 Å². The molecule has 0 radical (unpaired) electrons. The average Bonchev–Trinajstić information content (AvgIpc) is 2.88. The van der Waals surface area contributed by atoms with Crippen molar-refractivity contribution >= 4 is 27.5 Å². The van der Waals surface area contributed by atoms with Crippen LogP contribution < -0.4 is 9.62 Å². The summed E-state index contributed by atoms with van der Waals surface area (Å²) in [5.41, 5.74) is -0.542. The van der Waals surface area contributed by atoms with Crippen molar-refractivity contribution in [2.24, 2.45) is 0 Å². The monoisotopic (exact) mass is 589 g/mol. The van der Waals surface area contributed by atoms with Gasteiger partial charge in [0, 0.05) is 18.5 Å². The van der Waals surface area contributed by atoms with Crippen LogP contribution in [0.4, 0.5) is 18.9 Å². The molecular weight excluding hydrogens is 555 g/mol. The van der Waals surface area contributed by atoms with Gasteiger partial charge in [-0.1, -0.05) is 66.7 Å². The number of benzene rings is 3. The first kappa shape index (κ1) is 31.7. The topological polar surface area (TPSA) is 86.8 Å². The molecule has 0 saturated heterocycles. The van der Waals surface area contributed by atoms with Crippen molar-refractivity contribution in [3.63, 3.8) is 0 Å². The van der Waals surface area contributed by atoms with Gasteiger partial charge in [0.1, 0.15) is 12.6 Å². The number of sulfonamides is 1. The van der Waals surface area contributed by atoms with Crippen molar-refractivity contribution in [3.8, 4) is 0 Å². The minimum Gasteiger partial charge on any atom is -0.350 e. The average molecular weight is 590 g/mol. The fourth-order valence-electron chi connectivity index (χ4n) is 4.24. The molecule has 0 aliphatic rings. The maximum absolute atomic E-state index is 14.0. The van der Waals surface area contributed by atoms with Crippen molar-refractivity contribution in [3.05, 3.63) is 102 Å². The van der Waals surface area contributed by atoms with E-state index in [9.17, 15) is 31.2 Å². The summed E-state index contributed by atoms with van der Waals surface area (Å²) in [6.45, 7) is 4.56. The molecule has 220 valence electrons. The van der Waals surface area contributed by atoms with Gasteiger partial charge in [-0.2, -0.15) is 13.2 Å². The van der Waals surface area contributed by atoms with Gasteiger partial charge in [-0.25, -0.2) is 8.42 Å². The van der Waals surface area contributed by atoms with E-state index in [4.69, 9.17) is 0 Å². The Morgan fingerprint density at radius 2 is 1.41 bits per heavy atom. The lowest BCUT2D eigenvalue weighted by Gasteiger charge is -2.35. The highest BCUT2D eigenvalue weighted by Gasteiger charge is 2.35. The molecule has 1 N–H and O–H groups in total. The van der Waals surface area contributed by atoms with Gasteiger partial charge in [0.05, 0.1) is 17.5 Å². The number of hydrogen-bond donors (Lipinski definition) is 1. The third-order valence-electron chi connectivity index (χ3n) is 6.11. The highest BCUT2D eigenvalue weighted by atomic mass is 32.2. The number of nitrogens with one attached hydrogen (secondary N) is 1. The Morgan fingerprint density at radius 1 is 0.854 bits per heavy atom. The lowest BCUT2D eigenvalue weighted by atomic mass is 10.0. The highest BCUT2D eigenvalue weighted by molar-refractivity contribution is 7.92. The molecule has 0 unspecified atom stereocenters. The van der Waals surface area contributed by atoms with Crippen molar-refractivity contribution < 1.29 is 31.2 Å². The second kappa shape index (κ2) is 12.8. The Labute approximate surface area is 239 Å². The second-order valence-corrected chi connectivity index (χ2v) is 12.7. The zero-order valence-corrected chi connectivity index (χ0v) is 24.2. The number of rotatable bonds is 10. The summed E-state index contributed by atoms with van der Waals surface area (Å²) >= 11 is 0. The lowest BCUT2D eigenvalue weighted by Crippen LogP contribution is -2.56. The summed E-state index contributed by atoms with van der Waals surface area (Å²) in [5.74, 6) is -1.20. The number of carbonyl (C=O) groups is 2. The number of amides is 2. The van der Waals surface area contributed by atoms with E-state index in [0.717, 1.165) is 24.0 Å². The van der Waals surface area contributed by atoms with Crippen LogP contribution in [-0.2, 0) is 38.8 Å². The first-order valence-electron chi connectivity index (χ1n) is 12.9. The van der Waals surface area contributed by atoms with Crippen LogP contribution >= 0.6 is 0 Å². The van der Waals surface area contributed by atoms with Crippen LogP contribution in [0.2, 0.25) is 0 Å². The van der Waals surface area contributed by atoms with E-state index < -0.39 is 51.7 Å². The molecule has 1 atom stereocenters. The molecule has 0 aliphatic carbocycles. The minimum atomic E-state index is -4.71. The predicted molar refractivity (Wildman–Crippen MR) is 152 cm³/mol. The molecule has 0 spiro atoms. The zero-order chi connectivity index (χ0) is 30.4. The van der Waals surface area contributed by atoms with Crippen molar-refractivity contribution in [2.75, 3.05) is 17.1 Å². The van der Waals surface area contributed by atoms with E-state index in [1.807, 2.05) is 18.2 Å². The number of carbonyl (C=O) groups excluding carboxylic acids is 2. The third-order valence-corrected chi connectivity index (χ3v) is 7.25. The molecule has 2 amide bonds. The molecule has 3 rings (SSSR count). The van der Waals surface area contributed by atoms with Crippen molar-refractivity contribution in [1.82, 2.24) is 10.2 Å². The van der Waals surface area contributed by atoms with Gasteiger partial charge in [0.2, 0.25) is 21.8 Å². The van der Waals surface area contributed by atoms with Gasteiger partial charge < -0.3 is 10.2 Å². The highest BCUT2D eigenvalue weighted by Crippen LogP contribution is 2.32. The number of nitrogens with zero attached hydrogens (tertiary/aromatic N) is 2. The van der Waals surface area contributed by atoms with Crippen LogP contribution in [0, 0.1) is 0 Å². The Kier molecular flexibility index (Phi) is 9.85. The molecule has 0 aromatic heterocycles. The predicted octanol–water partition coefficient (Wildman–Crippen LogP) is 5.03. The van der Waals surface area contributed by atoms with Crippen molar-refractivity contribution in [2.45, 2.75) is 51.5 Å². The summed E-state index contributed by atoms with van der Waals surface area (Å²) in [6, 6.07) is 20.6. The fraction of sp³-hybridized carbons (Fsp3) is 0.333. The number of alkyl halides is 3. The Hall–Kier alpha value is -3.86. The molecule has 41 heavy (non-hydrogen) atoms. The fourth-order valence-corrected chi connectivity index (χ4v) is 5.08. The molecule has 3 aromatic rings. The maximum atomic E-state index is 14.0.